The molecule has 0 aliphatic carbocycles. The number of aromatic nitrogens is 1. The number of amides is 1. The number of ether oxygens (including phenoxy) is 5. The summed E-state index contributed by atoms with van der Waals surface area (Å²) in [7, 11) is 0. The van der Waals surface area contributed by atoms with Crippen molar-refractivity contribution in [1.82, 2.24) is 4.98 Å². The van der Waals surface area contributed by atoms with Crippen LogP contribution in [0.1, 0.15) is 31.0 Å². The van der Waals surface area contributed by atoms with Crippen molar-refractivity contribution in [3.63, 3.8) is 0 Å². The summed E-state index contributed by atoms with van der Waals surface area (Å²) in [6.45, 7) is 9.31. The number of thiazole rings is 1. The lowest BCUT2D eigenvalue weighted by atomic mass is 9.95. The van der Waals surface area contributed by atoms with E-state index in [1.807, 2.05) is 19.9 Å². The van der Waals surface area contributed by atoms with Gasteiger partial charge in [0.1, 0.15) is 31.3 Å². The van der Waals surface area contributed by atoms with Crippen LogP contribution in [0.5, 0.6) is 28.7 Å². The maximum Gasteiger partial charge on any atom is 0.301 e. The molecule has 2 aliphatic rings. The molecule has 0 spiro atoms. The smallest absolute Gasteiger partial charge is 0.301 e. The third-order valence-corrected chi connectivity index (χ3v) is 8.08. The van der Waals surface area contributed by atoms with Gasteiger partial charge in [0.05, 0.1) is 35.0 Å². The summed E-state index contributed by atoms with van der Waals surface area (Å²) < 4.78 is 29.4. The van der Waals surface area contributed by atoms with Crippen molar-refractivity contribution >= 4 is 44.1 Å². The average Bonchev–Trinajstić information content (AvgIpc) is 3.57. The highest BCUT2D eigenvalue weighted by Gasteiger charge is 2.48. The fourth-order valence-electron chi connectivity index (χ4n) is 5.17. The molecule has 2 aliphatic heterocycles. The first-order valence-corrected chi connectivity index (χ1v) is 15.0. The highest BCUT2D eigenvalue weighted by molar-refractivity contribution is 7.22. The van der Waals surface area contributed by atoms with Crippen LogP contribution in [-0.4, -0.2) is 54.8 Å². The Balaban J connectivity index is 1.52. The van der Waals surface area contributed by atoms with E-state index in [9.17, 15) is 14.7 Å². The molecular weight excluding hydrogens is 584 g/mol. The Bertz CT molecular complexity index is 1800. The quantitative estimate of drug-likeness (QED) is 0.0985. The Labute approximate surface area is 257 Å². The van der Waals surface area contributed by atoms with E-state index in [0.717, 1.165) is 4.70 Å². The molecule has 6 rings (SSSR count). The lowest BCUT2D eigenvalue weighted by Gasteiger charge is -2.24. The minimum absolute atomic E-state index is 0.0943. The Morgan fingerprint density at radius 1 is 1.00 bits per heavy atom. The number of anilines is 1. The lowest BCUT2D eigenvalue weighted by molar-refractivity contribution is -0.132. The molecule has 1 amide bonds. The summed E-state index contributed by atoms with van der Waals surface area (Å²) in [4.78, 5) is 33.6. The zero-order chi connectivity index (χ0) is 30.8. The molecule has 11 heteroatoms. The van der Waals surface area contributed by atoms with Gasteiger partial charge in [-0.1, -0.05) is 30.1 Å². The third kappa shape index (κ3) is 5.30. The second-order valence-corrected chi connectivity index (χ2v) is 10.8. The van der Waals surface area contributed by atoms with Gasteiger partial charge in [-0.3, -0.25) is 14.5 Å². The topological polar surface area (TPSA) is 117 Å². The van der Waals surface area contributed by atoms with E-state index in [-0.39, 0.29) is 17.9 Å². The highest BCUT2D eigenvalue weighted by Crippen LogP contribution is 2.46. The van der Waals surface area contributed by atoms with Crippen LogP contribution in [0.15, 0.2) is 72.8 Å². The molecule has 0 radical (unpaired) electrons. The number of hydrogen-bond donors (Lipinski definition) is 1. The first kappa shape index (κ1) is 29.1. The third-order valence-electron chi connectivity index (χ3n) is 7.07. The summed E-state index contributed by atoms with van der Waals surface area (Å²) in [5, 5.41) is 12.0. The van der Waals surface area contributed by atoms with E-state index in [1.165, 1.54) is 16.2 Å². The number of aliphatic hydroxyl groups is 1. The van der Waals surface area contributed by atoms with Gasteiger partial charge in [-0.25, -0.2) is 4.98 Å². The van der Waals surface area contributed by atoms with E-state index in [2.05, 4.69) is 6.58 Å². The molecular formula is C33H30N2O8S. The monoisotopic (exact) mass is 614 g/mol. The van der Waals surface area contributed by atoms with Crippen LogP contribution in [-0.2, 0) is 9.59 Å². The fraction of sp³-hybridized carbons (Fsp3) is 0.242. The molecule has 1 saturated heterocycles. The molecule has 0 saturated carbocycles. The predicted octanol–water partition coefficient (Wildman–Crippen LogP) is 6.06. The first-order valence-electron chi connectivity index (χ1n) is 14.2. The van der Waals surface area contributed by atoms with Gasteiger partial charge in [-0.2, -0.15) is 0 Å². The van der Waals surface area contributed by atoms with Crippen molar-refractivity contribution in [3.8, 4) is 28.7 Å². The number of benzene rings is 3. The molecule has 44 heavy (non-hydrogen) atoms. The summed E-state index contributed by atoms with van der Waals surface area (Å²) in [6, 6.07) is 14.5. The first-order chi connectivity index (χ1) is 21.4. The number of fused-ring (bicyclic) bond motifs is 2. The second-order valence-electron chi connectivity index (χ2n) is 9.83. The highest BCUT2D eigenvalue weighted by atomic mass is 32.1. The molecule has 1 fully saturated rings. The summed E-state index contributed by atoms with van der Waals surface area (Å²) in [5.74, 6) is 0.517. The molecule has 1 atom stereocenters. The number of aliphatic hydroxyl groups excluding tert-OH is 1. The number of ketones is 1. The number of carbonyl (C=O) groups excluding carboxylic acids is 2. The number of rotatable bonds is 10. The molecule has 1 N–H and O–H groups in total. The zero-order valence-corrected chi connectivity index (χ0v) is 25.0. The van der Waals surface area contributed by atoms with Crippen molar-refractivity contribution in [3.05, 3.63) is 84.0 Å². The van der Waals surface area contributed by atoms with E-state index in [4.69, 9.17) is 28.7 Å². The van der Waals surface area contributed by atoms with Crippen LogP contribution in [0.2, 0.25) is 0 Å². The van der Waals surface area contributed by atoms with E-state index in [0.29, 0.717) is 77.0 Å². The predicted molar refractivity (Wildman–Crippen MR) is 166 cm³/mol. The van der Waals surface area contributed by atoms with E-state index in [1.54, 1.807) is 54.6 Å². The normalized spacial score (nSPS) is 17.1. The minimum Gasteiger partial charge on any atom is -0.507 e. The SMILES string of the molecule is C=CCOc1ccc(C2C(=C(O)c3ccc4c(c3)OCCO4)C(=O)C(=O)N2c2nc3ccc(OCC)cc3s2)cc1OCC. The van der Waals surface area contributed by atoms with Gasteiger partial charge in [0.25, 0.3) is 5.78 Å². The molecule has 3 heterocycles. The molecule has 10 nitrogen and oxygen atoms in total. The molecule has 4 aromatic rings. The number of carbonyl (C=O) groups is 2. The van der Waals surface area contributed by atoms with Crippen molar-refractivity contribution in [2.45, 2.75) is 19.9 Å². The van der Waals surface area contributed by atoms with Gasteiger partial charge in [-0.05, 0) is 67.9 Å². The Kier molecular flexibility index (Phi) is 8.12. The van der Waals surface area contributed by atoms with Crippen LogP contribution in [0.3, 0.4) is 0 Å². The minimum atomic E-state index is -1.03. The summed E-state index contributed by atoms with van der Waals surface area (Å²) >= 11 is 1.25. The largest absolute Gasteiger partial charge is 0.507 e. The van der Waals surface area contributed by atoms with Crippen LogP contribution >= 0.6 is 11.3 Å². The molecule has 0 bridgehead atoms. The van der Waals surface area contributed by atoms with Gasteiger partial charge in [-0.15, -0.1) is 0 Å². The molecule has 226 valence electrons. The number of nitrogens with zero attached hydrogens (tertiary/aromatic N) is 2. The lowest BCUT2D eigenvalue weighted by Crippen LogP contribution is -2.29. The van der Waals surface area contributed by atoms with Gasteiger partial charge >= 0.3 is 5.91 Å². The standard InChI is InChI=1S/C33H30N2O8S/c1-4-13-41-23-11-7-19(16-25(23)40-6-3)29-28(30(36)20-8-12-24-26(17-20)43-15-14-42-24)31(37)32(38)35(29)33-34-22-10-9-21(39-5-2)18-27(22)44-33/h4,7-12,16-18,29,36H,1,5-6,13-15H2,2-3H3. The Morgan fingerprint density at radius 3 is 2.57 bits per heavy atom. The van der Waals surface area contributed by atoms with Gasteiger partial charge in [0.15, 0.2) is 28.1 Å². The zero-order valence-electron chi connectivity index (χ0n) is 24.2. The molecule has 1 aromatic heterocycles. The van der Waals surface area contributed by atoms with Gasteiger partial charge in [0, 0.05) is 5.56 Å². The van der Waals surface area contributed by atoms with E-state index >= 15 is 0 Å². The van der Waals surface area contributed by atoms with Crippen LogP contribution in [0, 0.1) is 0 Å². The maximum absolute atomic E-state index is 13.8. The van der Waals surface area contributed by atoms with Gasteiger partial charge < -0.3 is 28.8 Å². The number of hydrogen-bond acceptors (Lipinski definition) is 10. The summed E-state index contributed by atoms with van der Waals surface area (Å²) in [5.41, 5.74) is 1.37. The fourth-order valence-corrected chi connectivity index (χ4v) is 6.20. The number of Topliss-reactive ketones (excluding diaryl/α,β-unsaturated/α-hetero) is 1. The maximum atomic E-state index is 13.8. The average molecular weight is 615 g/mol. The van der Waals surface area contributed by atoms with Gasteiger partial charge in [0.2, 0.25) is 0 Å². The van der Waals surface area contributed by atoms with Crippen LogP contribution in [0.4, 0.5) is 5.13 Å². The van der Waals surface area contributed by atoms with E-state index < -0.39 is 17.7 Å². The Morgan fingerprint density at radius 2 is 1.80 bits per heavy atom. The van der Waals surface area contributed by atoms with Crippen molar-refractivity contribution < 1.29 is 38.4 Å². The van der Waals surface area contributed by atoms with Crippen molar-refractivity contribution in [2.24, 2.45) is 0 Å². The van der Waals surface area contributed by atoms with Crippen molar-refractivity contribution in [1.29, 1.82) is 0 Å². The van der Waals surface area contributed by atoms with Crippen molar-refractivity contribution in [2.75, 3.05) is 37.9 Å². The summed E-state index contributed by atoms with van der Waals surface area (Å²) in [6.07, 6.45) is 1.62. The van der Waals surface area contributed by atoms with Crippen LogP contribution in [0.25, 0.3) is 16.0 Å². The molecule has 3 aromatic carbocycles. The second kappa shape index (κ2) is 12.3. The van der Waals surface area contributed by atoms with Crippen LogP contribution < -0.4 is 28.6 Å². The Hall–Kier alpha value is -5.03. The molecule has 1 unspecified atom stereocenters.